The molecule has 0 aliphatic rings. The fourth-order valence-corrected chi connectivity index (χ4v) is 1.51. The van der Waals surface area contributed by atoms with E-state index in [1.807, 2.05) is 0 Å². The number of nitrogens with zero attached hydrogens (tertiary/aromatic N) is 1. The van der Waals surface area contributed by atoms with Crippen LogP contribution in [0.2, 0.25) is 0 Å². The van der Waals surface area contributed by atoms with Gasteiger partial charge in [0.25, 0.3) is 5.69 Å². The molecule has 0 spiro atoms. The van der Waals surface area contributed by atoms with E-state index in [0.29, 0.717) is 6.07 Å². The molecule has 0 saturated heterocycles. The zero-order chi connectivity index (χ0) is 15.0. The molecule has 0 unspecified atom stereocenters. The van der Waals surface area contributed by atoms with Crippen molar-refractivity contribution in [1.82, 2.24) is 0 Å². The Hall–Kier alpha value is -1.84. The van der Waals surface area contributed by atoms with Crippen molar-refractivity contribution in [2.75, 3.05) is 0 Å². The highest BCUT2D eigenvalue weighted by Crippen LogP contribution is 2.43. The Bertz CT molecular complexity index is 509. The van der Waals surface area contributed by atoms with Crippen molar-refractivity contribution < 1.29 is 31.3 Å². The van der Waals surface area contributed by atoms with Crippen LogP contribution < -0.4 is 5.73 Å². The molecule has 0 aliphatic carbocycles. The van der Waals surface area contributed by atoms with Crippen LogP contribution in [0.5, 0.6) is 0 Å². The van der Waals surface area contributed by atoms with Gasteiger partial charge in [-0.05, 0) is 5.56 Å². The van der Waals surface area contributed by atoms with Crippen molar-refractivity contribution in [3.05, 3.63) is 38.9 Å². The standard InChI is InChI=1S/C9H6F6N2O2/c10-8(11,12)6-2-5(17(18)19)1-4(3-16)7(6)9(13,14)15/h1-2H,3,16H2. The summed E-state index contributed by atoms with van der Waals surface area (Å²) in [7, 11) is 0. The molecule has 0 bridgehead atoms. The second-order valence-electron chi connectivity index (χ2n) is 3.48. The van der Waals surface area contributed by atoms with Crippen molar-refractivity contribution in [2.24, 2.45) is 5.73 Å². The third kappa shape index (κ3) is 3.13. The van der Waals surface area contributed by atoms with Crippen LogP contribution in [0.15, 0.2) is 12.1 Å². The number of rotatable bonds is 2. The molecular weight excluding hydrogens is 282 g/mol. The van der Waals surface area contributed by atoms with Gasteiger partial charge in [0.15, 0.2) is 0 Å². The van der Waals surface area contributed by atoms with E-state index in [1.165, 1.54) is 0 Å². The summed E-state index contributed by atoms with van der Waals surface area (Å²) in [5.41, 5.74) is -1.24. The first-order valence-electron chi connectivity index (χ1n) is 4.64. The predicted molar refractivity (Wildman–Crippen MR) is 51.0 cm³/mol. The summed E-state index contributed by atoms with van der Waals surface area (Å²) in [6, 6.07) is 0.236. The van der Waals surface area contributed by atoms with Crippen molar-refractivity contribution in [3.63, 3.8) is 0 Å². The molecule has 0 fully saturated rings. The number of halogens is 6. The SMILES string of the molecule is NCc1cc([N+](=O)[O-])cc(C(F)(F)F)c1C(F)(F)F. The van der Waals surface area contributed by atoms with Gasteiger partial charge in [0.05, 0.1) is 16.1 Å². The second kappa shape index (κ2) is 4.68. The molecule has 0 atom stereocenters. The Kier molecular flexibility index (Phi) is 3.75. The normalized spacial score (nSPS) is 12.6. The second-order valence-corrected chi connectivity index (χ2v) is 3.48. The van der Waals surface area contributed by atoms with Crippen LogP contribution >= 0.6 is 0 Å². The lowest BCUT2D eigenvalue weighted by atomic mass is 9.98. The van der Waals surface area contributed by atoms with Crippen molar-refractivity contribution in [1.29, 1.82) is 0 Å². The van der Waals surface area contributed by atoms with Gasteiger partial charge in [0.1, 0.15) is 0 Å². The monoisotopic (exact) mass is 288 g/mol. The smallest absolute Gasteiger partial charge is 0.326 e. The highest BCUT2D eigenvalue weighted by atomic mass is 19.4. The Morgan fingerprint density at radius 1 is 1.11 bits per heavy atom. The predicted octanol–water partition coefficient (Wildman–Crippen LogP) is 3.09. The van der Waals surface area contributed by atoms with Crippen LogP contribution in [0, 0.1) is 10.1 Å². The lowest BCUT2D eigenvalue weighted by molar-refractivity contribution is -0.385. The molecule has 0 aromatic heterocycles. The zero-order valence-corrected chi connectivity index (χ0v) is 8.97. The van der Waals surface area contributed by atoms with E-state index < -0.39 is 46.2 Å². The molecule has 0 saturated carbocycles. The van der Waals surface area contributed by atoms with Gasteiger partial charge in [-0.15, -0.1) is 0 Å². The van der Waals surface area contributed by atoms with Gasteiger partial charge in [-0.3, -0.25) is 10.1 Å². The van der Waals surface area contributed by atoms with Gasteiger partial charge in [0, 0.05) is 18.7 Å². The quantitative estimate of drug-likeness (QED) is 0.516. The van der Waals surface area contributed by atoms with Crippen molar-refractivity contribution in [2.45, 2.75) is 18.9 Å². The third-order valence-electron chi connectivity index (χ3n) is 2.22. The third-order valence-corrected chi connectivity index (χ3v) is 2.22. The number of nitro groups is 1. The number of hydrogen-bond donors (Lipinski definition) is 1. The van der Waals surface area contributed by atoms with Gasteiger partial charge >= 0.3 is 12.4 Å². The lowest BCUT2D eigenvalue weighted by Gasteiger charge is -2.18. The van der Waals surface area contributed by atoms with E-state index >= 15 is 0 Å². The first kappa shape index (κ1) is 15.2. The highest BCUT2D eigenvalue weighted by Gasteiger charge is 2.45. The number of hydrogen-bond acceptors (Lipinski definition) is 3. The van der Waals surface area contributed by atoms with E-state index in [9.17, 15) is 36.5 Å². The van der Waals surface area contributed by atoms with E-state index in [1.54, 1.807) is 0 Å². The minimum absolute atomic E-state index is 0.151. The summed E-state index contributed by atoms with van der Waals surface area (Å²) in [4.78, 5) is 9.21. The largest absolute Gasteiger partial charge is 0.417 e. The molecular formula is C9H6F6N2O2. The van der Waals surface area contributed by atoms with Gasteiger partial charge < -0.3 is 5.73 Å². The Balaban J connectivity index is 3.73. The van der Waals surface area contributed by atoms with Crippen LogP contribution in [-0.2, 0) is 18.9 Å². The summed E-state index contributed by atoms with van der Waals surface area (Å²) in [6.45, 7) is -0.903. The Morgan fingerprint density at radius 3 is 1.95 bits per heavy atom. The summed E-state index contributed by atoms with van der Waals surface area (Å²) in [5, 5.41) is 10.4. The van der Waals surface area contributed by atoms with Crippen LogP contribution in [0.25, 0.3) is 0 Å². The zero-order valence-electron chi connectivity index (χ0n) is 8.97. The first-order chi connectivity index (χ1) is 8.48. The van der Waals surface area contributed by atoms with Gasteiger partial charge in [-0.25, -0.2) is 0 Å². The molecule has 106 valence electrons. The molecule has 0 aliphatic heterocycles. The average molecular weight is 288 g/mol. The summed E-state index contributed by atoms with van der Waals surface area (Å²) >= 11 is 0. The van der Waals surface area contributed by atoms with E-state index in [2.05, 4.69) is 0 Å². The van der Waals surface area contributed by atoms with Gasteiger partial charge in [0.2, 0.25) is 0 Å². The topological polar surface area (TPSA) is 69.2 Å². The maximum atomic E-state index is 12.6. The minimum Gasteiger partial charge on any atom is -0.326 e. The molecule has 2 N–H and O–H groups in total. The number of non-ortho nitro benzene ring substituents is 1. The fourth-order valence-electron chi connectivity index (χ4n) is 1.51. The summed E-state index contributed by atoms with van der Waals surface area (Å²) in [6.07, 6.45) is -10.7. The van der Waals surface area contributed by atoms with Crippen molar-refractivity contribution >= 4 is 5.69 Å². The van der Waals surface area contributed by atoms with E-state index in [0.717, 1.165) is 0 Å². The van der Waals surface area contributed by atoms with Gasteiger partial charge in [-0.1, -0.05) is 0 Å². The molecule has 0 heterocycles. The maximum absolute atomic E-state index is 12.6. The van der Waals surface area contributed by atoms with Crippen LogP contribution in [-0.4, -0.2) is 4.92 Å². The minimum atomic E-state index is -5.37. The number of nitrogens with two attached hydrogens (primary N) is 1. The molecule has 1 aromatic carbocycles. The lowest BCUT2D eigenvalue weighted by Crippen LogP contribution is -2.20. The number of alkyl halides is 6. The highest BCUT2D eigenvalue weighted by molar-refractivity contribution is 5.48. The van der Waals surface area contributed by atoms with Gasteiger partial charge in [-0.2, -0.15) is 26.3 Å². The molecule has 4 nitrogen and oxygen atoms in total. The summed E-state index contributed by atoms with van der Waals surface area (Å²) in [5.74, 6) is 0. The maximum Gasteiger partial charge on any atom is 0.417 e. The van der Waals surface area contributed by atoms with Crippen LogP contribution in [0.4, 0.5) is 32.0 Å². The van der Waals surface area contributed by atoms with E-state index in [-0.39, 0.29) is 6.07 Å². The summed E-state index contributed by atoms with van der Waals surface area (Å²) < 4.78 is 75.6. The van der Waals surface area contributed by atoms with E-state index in [4.69, 9.17) is 5.73 Å². The Morgan fingerprint density at radius 2 is 1.63 bits per heavy atom. The molecule has 1 aromatic rings. The number of benzene rings is 1. The molecule has 1 rings (SSSR count). The fraction of sp³-hybridized carbons (Fsp3) is 0.333. The van der Waals surface area contributed by atoms with Crippen molar-refractivity contribution in [3.8, 4) is 0 Å². The molecule has 0 amide bonds. The molecule has 10 heteroatoms. The van der Waals surface area contributed by atoms with Crippen LogP contribution in [0.3, 0.4) is 0 Å². The molecule has 19 heavy (non-hydrogen) atoms. The Labute approximate surface area is 102 Å². The number of nitro benzene ring substituents is 1. The first-order valence-corrected chi connectivity index (χ1v) is 4.64. The van der Waals surface area contributed by atoms with Crippen LogP contribution in [0.1, 0.15) is 16.7 Å². The molecule has 0 radical (unpaired) electrons. The average Bonchev–Trinajstić information content (AvgIpc) is 2.24.